The van der Waals surface area contributed by atoms with Crippen molar-refractivity contribution in [2.24, 2.45) is 0 Å². The fraction of sp³-hybridized carbons (Fsp3) is 0.500. The van der Waals surface area contributed by atoms with Crippen molar-refractivity contribution in [1.29, 1.82) is 0 Å². The Labute approximate surface area is 113 Å². The van der Waals surface area contributed by atoms with Crippen molar-refractivity contribution in [3.05, 3.63) is 35.4 Å². The van der Waals surface area contributed by atoms with Crippen LogP contribution in [0, 0.1) is 0 Å². The lowest BCUT2D eigenvalue weighted by molar-refractivity contribution is 0.0572. The SMILES string of the molecule is CN(C)Cc1ccc(C(=O)N2CC(O)C(O)C2)cc1. The molecule has 1 fully saturated rings. The van der Waals surface area contributed by atoms with Gasteiger partial charge in [0.25, 0.3) is 5.91 Å². The first-order valence-electron chi connectivity index (χ1n) is 6.36. The van der Waals surface area contributed by atoms with Crippen LogP contribution in [0.15, 0.2) is 24.3 Å². The van der Waals surface area contributed by atoms with Gasteiger partial charge in [0.2, 0.25) is 0 Å². The summed E-state index contributed by atoms with van der Waals surface area (Å²) >= 11 is 0. The molecule has 19 heavy (non-hydrogen) atoms. The second kappa shape index (κ2) is 5.69. The number of aliphatic hydroxyl groups excluding tert-OH is 2. The van der Waals surface area contributed by atoms with E-state index in [0.717, 1.165) is 12.1 Å². The van der Waals surface area contributed by atoms with Gasteiger partial charge in [-0.15, -0.1) is 0 Å². The van der Waals surface area contributed by atoms with Crippen LogP contribution in [-0.2, 0) is 6.54 Å². The van der Waals surface area contributed by atoms with Gasteiger partial charge in [-0.3, -0.25) is 4.79 Å². The van der Waals surface area contributed by atoms with Gasteiger partial charge in [-0.25, -0.2) is 0 Å². The molecule has 2 rings (SSSR count). The molecule has 2 N–H and O–H groups in total. The summed E-state index contributed by atoms with van der Waals surface area (Å²) in [5.41, 5.74) is 1.73. The minimum absolute atomic E-state index is 0.146. The highest BCUT2D eigenvalue weighted by molar-refractivity contribution is 5.94. The van der Waals surface area contributed by atoms with Crippen LogP contribution < -0.4 is 0 Å². The van der Waals surface area contributed by atoms with E-state index in [2.05, 4.69) is 4.90 Å². The number of aliphatic hydroxyl groups is 2. The zero-order valence-electron chi connectivity index (χ0n) is 11.3. The number of carbonyl (C=O) groups is 1. The minimum atomic E-state index is -0.836. The van der Waals surface area contributed by atoms with E-state index in [1.54, 1.807) is 12.1 Å². The lowest BCUT2D eigenvalue weighted by Gasteiger charge is -2.16. The first-order chi connectivity index (χ1) is 8.97. The topological polar surface area (TPSA) is 64.0 Å². The van der Waals surface area contributed by atoms with Gasteiger partial charge >= 0.3 is 0 Å². The van der Waals surface area contributed by atoms with E-state index in [1.165, 1.54) is 4.90 Å². The van der Waals surface area contributed by atoms with E-state index in [9.17, 15) is 15.0 Å². The molecule has 0 aromatic heterocycles. The number of hydrogen-bond donors (Lipinski definition) is 2. The second-order valence-electron chi connectivity index (χ2n) is 5.28. The van der Waals surface area contributed by atoms with E-state index in [-0.39, 0.29) is 19.0 Å². The number of rotatable bonds is 3. The van der Waals surface area contributed by atoms with Crippen LogP contribution in [0.2, 0.25) is 0 Å². The Morgan fingerprint density at radius 1 is 1.21 bits per heavy atom. The summed E-state index contributed by atoms with van der Waals surface area (Å²) in [6.07, 6.45) is -1.67. The van der Waals surface area contributed by atoms with Crippen molar-refractivity contribution in [3.63, 3.8) is 0 Å². The molecule has 0 aliphatic carbocycles. The molecule has 1 saturated heterocycles. The Hall–Kier alpha value is -1.43. The van der Waals surface area contributed by atoms with Crippen molar-refractivity contribution < 1.29 is 15.0 Å². The summed E-state index contributed by atoms with van der Waals surface area (Å²) in [7, 11) is 3.98. The van der Waals surface area contributed by atoms with Crippen LogP contribution in [0.25, 0.3) is 0 Å². The zero-order valence-corrected chi connectivity index (χ0v) is 11.3. The molecule has 0 saturated carbocycles. The molecule has 104 valence electrons. The van der Waals surface area contributed by atoms with Crippen molar-refractivity contribution >= 4 is 5.91 Å². The van der Waals surface area contributed by atoms with Crippen molar-refractivity contribution in [3.8, 4) is 0 Å². The van der Waals surface area contributed by atoms with Crippen LogP contribution in [-0.4, -0.2) is 65.3 Å². The summed E-state index contributed by atoms with van der Waals surface area (Å²) in [5.74, 6) is -0.146. The third kappa shape index (κ3) is 3.32. The number of β-amino-alcohol motifs (C(OH)–C–C–N with tert-alkyl or cyclic N) is 2. The highest BCUT2D eigenvalue weighted by Gasteiger charge is 2.32. The Kier molecular flexibility index (Phi) is 4.19. The van der Waals surface area contributed by atoms with Crippen molar-refractivity contribution in [2.45, 2.75) is 18.8 Å². The van der Waals surface area contributed by atoms with Crippen LogP contribution in [0.4, 0.5) is 0 Å². The minimum Gasteiger partial charge on any atom is -0.388 e. The van der Waals surface area contributed by atoms with E-state index < -0.39 is 12.2 Å². The Morgan fingerprint density at radius 3 is 2.21 bits per heavy atom. The van der Waals surface area contributed by atoms with Crippen LogP contribution in [0.3, 0.4) is 0 Å². The summed E-state index contributed by atoms with van der Waals surface area (Å²) in [5, 5.41) is 18.9. The van der Waals surface area contributed by atoms with Gasteiger partial charge < -0.3 is 20.0 Å². The molecule has 1 aliphatic heterocycles. The third-order valence-corrected chi connectivity index (χ3v) is 3.25. The predicted octanol–water partition coefficient (Wildman–Crippen LogP) is -0.0742. The predicted molar refractivity (Wildman–Crippen MR) is 71.8 cm³/mol. The smallest absolute Gasteiger partial charge is 0.254 e. The molecule has 1 amide bonds. The van der Waals surface area contributed by atoms with Crippen LogP contribution in [0.1, 0.15) is 15.9 Å². The number of likely N-dealkylation sites (tertiary alicyclic amines) is 1. The quantitative estimate of drug-likeness (QED) is 0.802. The average Bonchev–Trinajstić information content (AvgIpc) is 2.69. The summed E-state index contributed by atoms with van der Waals surface area (Å²) in [4.78, 5) is 15.7. The lowest BCUT2D eigenvalue weighted by atomic mass is 10.1. The third-order valence-electron chi connectivity index (χ3n) is 3.25. The highest BCUT2D eigenvalue weighted by Crippen LogP contribution is 2.15. The summed E-state index contributed by atoms with van der Waals surface area (Å²) in [6.45, 7) is 1.22. The van der Waals surface area contributed by atoms with Gasteiger partial charge in [0, 0.05) is 25.2 Å². The molecule has 0 radical (unpaired) electrons. The summed E-state index contributed by atoms with van der Waals surface area (Å²) in [6, 6.07) is 7.43. The van der Waals surface area contributed by atoms with Crippen molar-refractivity contribution in [1.82, 2.24) is 9.80 Å². The van der Waals surface area contributed by atoms with Crippen molar-refractivity contribution in [2.75, 3.05) is 27.2 Å². The zero-order chi connectivity index (χ0) is 14.0. The number of hydrogen-bond acceptors (Lipinski definition) is 4. The van der Waals surface area contributed by atoms with Gasteiger partial charge in [0.15, 0.2) is 0 Å². The van der Waals surface area contributed by atoms with E-state index in [0.29, 0.717) is 5.56 Å². The molecule has 5 nitrogen and oxygen atoms in total. The molecule has 5 heteroatoms. The van der Waals surface area contributed by atoms with E-state index in [1.807, 2.05) is 26.2 Å². The number of benzene rings is 1. The van der Waals surface area contributed by atoms with Gasteiger partial charge in [0.05, 0.1) is 12.2 Å². The average molecular weight is 264 g/mol. The molecule has 1 aromatic carbocycles. The molecule has 2 unspecified atom stereocenters. The molecular formula is C14H20N2O3. The molecule has 0 spiro atoms. The Balaban J connectivity index is 2.04. The Bertz CT molecular complexity index is 435. The van der Waals surface area contributed by atoms with E-state index >= 15 is 0 Å². The van der Waals surface area contributed by atoms with Gasteiger partial charge in [-0.2, -0.15) is 0 Å². The molecule has 1 heterocycles. The number of carbonyl (C=O) groups excluding carboxylic acids is 1. The second-order valence-corrected chi connectivity index (χ2v) is 5.28. The monoisotopic (exact) mass is 264 g/mol. The molecular weight excluding hydrogens is 244 g/mol. The standard InChI is InChI=1S/C14H20N2O3/c1-15(2)7-10-3-5-11(6-4-10)14(19)16-8-12(17)13(18)9-16/h3-6,12-13,17-18H,7-9H2,1-2H3. The maximum absolute atomic E-state index is 12.2. The number of nitrogens with zero attached hydrogens (tertiary/aromatic N) is 2. The van der Waals surface area contributed by atoms with E-state index in [4.69, 9.17) is 0 Å². The number of amides is 1. The highest BCUT2D eigenvalue weighted by atomic mass is 16.3. The molecule has 2 atom stereocenters. The first-order valence-corrected chi connectivity index (χ1v) is 6.36. The van der Waals surface area contributed by atoms with Gasteiger partial charge in [-0.1, -0.05) is 12.1 Å². The van der Waals surface area contributed by atoms with Gasteiger partial charge in [0.1, 0.15) is 0 Å². The molecule has 0 bridgehead atoms. The fourth-order valence-electron chi connectivity index (χ4n) is 2.24. The first kappa shape index (κ1) is 14.0. The summed E-state index contributed by atoms with van der Waals surface area (Å²) < 4.78 is 0. The maximum atomic E-state index is 12.2. The normalized spacial score (nSPS) is 23.1. The Morgan fingerprint density at radius 2 is 1.74 bits per heavy atom. The van der Waals surface area contributed by atoms with Crippen LogP contribution >= 0.6 is 0 Å². The lowest BCUT2D eigenvalue weighted by Crippen LogP contribution is -2.29. The van der Waals surface area contributed by atoms with Gasteiger partial charge in [-0.05, 0) is 31.8 Å². The van der Waals surface area contributed by atoms with Crippen LogP contribution in [0.5, 0.6) is 0 Å². The molecule has 1 aromatic rings. The molecule has 1 aliphatic rings. The largest absolute Gasteiger partial charge is 0.388 e. The maximum Gasteiger partial charge on any atom is 0.254 e. The fourth-order valence-corrected chi connectivity index (χ4v) is 2.24.